The molecule has 0 aromatic rings. The quantitative estimate of drug-likeness (QED) is 0.830. The lowest BCUT2D eigenvalue weighted by Crippen LogP contribution is -2.58. The largest absolute Gasteiger partial charge is 0.352 e. The monoisotopic (exact) mass is 280 g/mol. The Morgan fingerprint density at radius 2 is 1.95 bits per heavy atom. The van der Waals surface area contributed by atoms with E-state index in [1.807, 2.05) is 0 Å². The number of carbonyl (C=O) groups excluding carboxylic acids is 1. The van der Waals surface area contributed by atoms with E-state index >= 15 is 0 Å². The fourth-order valence-corrected chi connectivity index (χ4v) is 4.01. The van der Waals surface area contributed by atoms with E-state index in [4.69, 9.17) is 0 Å². The van der Waals surface area contributed by atoms with Gasteiger partial charge in [0.1, 0.15) is 0 Å². The highest BCUT2D eigenvalue weighted by molar-refractivity contribution is 5.83. The van der Waals surface area contributed by atoms with Crippen molar-refractivity contribution in [2.75, 3.05) is 6.54 Å². The Kier molecular flexibility index (Phi) is 5.48. The summed E-state index contributed by atoms with van der Waals surface area (Å²) in [5, 5.41) is 6.79. The van der Waals surface area contributed by atoms with Gasteiger partial charge in [-0.1, -0.05) is 40.0 Å². The van der Waals surface area contributed by atoms with Crippen molar-refractivity contribution < 1.29 is 4.79 Å². The summed E-state index contributed by atoms with van der Waals surface area (Å²) in [6, 6.07) is 0.358. The number of hydrogen-bond donors (Lipinski definition) is 2. The lowest BCUT2D eigenvalue weighted by Gasteiger charge is -2.40. The average molecular weight is 280 g/mol. The molecule has 20 heavy (non-hydrogen) atoms. The molecule has 1 saturated heterocycles. The van der Waals surface area contributed by atoms with Gasteiger partial charge in [-0.25, -0.2) is 0 Å². The Morgan fingerprint density at radius 3 is 2.55 bits per heavy atom. The van der Waals surface area contributed by atoms with Crippen molar-refractivity contribution in [1.82, 2.24) is 10.6 Å². The summed E-state index contributed by atoms with van der Waals surface area (Å²) in [5.41, 5.74) is 0.0766. The van der Waals surface area contributed by atoms with Crippen molar-refractivity contribution in [3.05, 3.63) is 0 Å². The van der Waals surface area contributed by atoms with Gasteiger partial charge in [-0.2, -0.15) is 0 Å². The summed E-state index contributed by atoms with van der Waals surface area (Å²) in [7, 11) is 0. The maximum atomic E-state index is 12.7. The third kappa shape index (κ3) is 3.75. The molecule has 0 aromatic heterocycles. The Balaban J connectivity index is 1.94. The molecule has 1 heterocycles. The van der Waals surface area contributed by atoms with Crippen LogP contribution in [-0.2, 0) is 4.79 Å². The summed E-state index contributed by atoms with van der Waals surface area (Å²) in [5.74, 6) is 0.927. The smallest absolute Gasteiger partial charge is 0.237 e. The normalized spacial score (nSPS) is 28.9. The van der Waals surface area contributed by atoms with Crippen LogP contribution in [0.1, 0.15) is 72.1 Å². The van der Waals surface area contributed by atoms with Crippen LogP contribution in [0.25, 0.3) is 0 Å². The summed E-state index contributed by atoms with van der Waals surface area (Å²) in [6.07, 6.45) is 10.0. The minimum absolute atomic E-state index is 0.0195. The Hall–Kier alpha value is -0.570. The van der Waals surface area contributed by atoms with E-state index in [9.17, 15) is 4.79 Å². The molecule has 0 aromatic carbocycles. The maximum absolute atomic E-state index is 12.7. The van der Waals surface area contributed by atoms with Crippen molar-refractivity contribution >= 4 is 5.91 Å². The van der Waals surface area contributed by atoms with Crippen molar-refractivity contribution in [2.45, 2.75) is 84.2 Å². The molecule has 2 aliphatic rings. The summed E-state index contributed by atoms with van der Waals surface area (Å²) in [6.45, 7) is 7.61. The van der Waals surface area contributed by atoms with Crippen LogP contribution in [-0.4, -0.2) is 24.5 Å². The third-order valence-electron chi connectivity index (χ3n) is 5.38. The highest BCUT2D eigenvalue weighted by atomic mass is 16.2. The van der Waals surface area contributed by atoms with Crippen molar-refractivity contribution in [3.8, 4) is 0 Å². The molecule has 2 unspecified atom stereocenters. The van der Waals surface area contributed by atoms with E-state index in [2.05, 4.69) is 31.4 Å². The molecule has 0 spiro atoms. The van der Waals surface area contributed by atoms with E-state index in [0.29, 0.717) is 12.0 Å². The Labute approximate surface area is 124 Å². The molecule has 3 nitrogen and oxygen atoms in total. The second-order valence-corrected chi connectivity index (χ2v) is 7.40. The number of nitrogens with one attached hydrogen (secondary N) is 2. The predicted molar refractivity (Wildman–Crippen MR) is 83.6 cm³/mol. The molecule has 116 valence electrons. The fraction of sp³-hybridized carbons (Fsp3) is 0.941. The number of amides is 1. The van der Waals surface area contributed by atoms with Gasteiger partial charge in [0.15, 0.2) is 0 Å². The zero-order chi connectivity index (χ0) is 14.6. The number of rotatable bonds is 4. The first kappa shape index (κ1) is 15.8. The molecule has 1 saturated carbocycles. The molecule has 1 amide bonds. The molecule has 0 radical (unpaired) electrons. The third-order valence-corrected chi connectivity index (χ3v) is 5.38. The fourth-order valence-electron chi connectivity index (χ4n) is 4.01. The van der Waals surface area contributed by atoms with Gasteiger partial charge in [-0.05, 0) is 50.0 Å². The molecular formula is C17H32N2O. The van der Waals surface area contributed by atoms with Gasteiger partial charge >= 0.3 is 0 Å². The standard InChI is InChI=1S/C17H32N2O/c1-4-14(13-9-6-5-7-10-13)19-16(20)15-17(2,3)11-8-12-18-15/h13-15,18H,4-12H2,1-3H3,(H,19,20). The van der Waals surface area contributed by atoms with Crippen LogP contribution in [0.3, 0.4) is 0 Å². The van der Waals surface area contributed by atoms with E-state index in [1.54, 1.807) is 0 Å². The molecule has 2 fully saturated rings. The van der Waals surface area contributed by atoms with Crippen molar-refractivity contribution in [2.24, 2.45) is 11.3 Å². The van der Waals surface area contributed by atoms with E-state index in [1.165, 1.54) is 38.5 Å². The van der Waals surface area contributed by atoms with Crippen molar-refractivity contribution in [3.63, 3.8) is 0 Å². The number of piperidine rings is 1. The number of hydrogen-bond acceptors (Lipinski definition) is 2. The summed E-state index contributed by atoms with van der Waals surface area (Å²) in [4.78, 5) is 12.7. The lowest BCUT2D eigenvalue weighted by molar-refractivity contribution is -0.128. The van der Waals surface area contributed by atoms with E-state index < -0.39 is 0 Å². The summed E-state index contributed by atoms with van der Waals surface area (Å²) >= 11 is 0. The first-order valence-electron chi connectivity index (χ1n) is 8.58. The first-order valence-corrected chi connectivity index (χ1v) is 8.58. The second-order valence-electron chi connectivity index (χ2n) is 7.40. The van der Waals surface area contributed by atoms with Gasteiger partial charge in [-0.15, -0.1) is 0 Å². The minimum Gasteiger partial charge on any atom is -0.352 e. The highest BCUT2D eigenvalue weighted by Gasteiger charge is 2.38. The van der Waals surface area contributed by atoms with Crippen molar-refractivity contribution in [1.29, 1.82) is 0 Å². The predicted octanol–water partition coefficient (Wildman–Crippen LogP) is 3.24. The van der Waals surface area contributed by atoms with Gasteiger partial charge in [0.25, 0.3) is 0 Å². The zero-order valence-corrected chi connectivity index (χ0v) is 13.5. The Morgan fingerprint density at radius 1 is 1.25 bits per heavy atom. The molecule has 3 heteroatoms. The lowest BCUT2D eigenvalue weighted by atomic mass is 9.76. The topological polar surface area (TPSA) is 41.1 Å². The molecule has 2 atom stereocenters. The van der Waals surface area contributed by atoms with Gasteiger partial charge < -0.3 is 10.6 Å². The van der Waals surface area contributed by atoms with Gasteiger partial charge in [-0.3, -0.25) is 4.79 Å². The van der Waals surface area contributed by atoms with Crippen LogP contribution in [0, 0.1) is 11.3 Å². The molecule has 2 N–H and O–H groups in total. The summed E-state index contributed by atoms with van der Waals surface area (Å²) < 4.78 is 0. The van der Waals surface area contributed by atoms with Crippen LogP contribution in [0.4, 0.5) is 0 Å². The van der Waals surface area contributed by atoms with Gasteiger partial charge in [0, 0.05) is 6.04 Å². The van der Waals surface area contributed by atoms with Crippen LogP contribution in [0.2, 0.25) is 0 Å². The van der Waals surface area contributed by atoms with Gasteiger partial charge in [0.2, 0.25) is 5.91 Å². The van der Waals surface area contributed by atoms with Gasteiger partial charge in [0.05, 0.1) is 6.04 Å². The molecule has 0 bridgehead atoms. The zero-order valence-electron chi connectivity index (χ0n) is 13.5. The van der Waals surface area contributed by atoms with Crippen LogP contribution in [0.5, 0.6) is 0 Å². The number of carbonyl (C=O) groups is 1. The Bertz CT molecular complexity index is 321. The highest BCUT2D eigenvalue weighted by Crippen LogP contribution is 2.31. The van der Waals surface area contributed by atoms with Crippen LogP contribution < -0.4 is 10.6 Å². The SMILES string of the molecule is CCC(NC(=O)C1NCCCC1(C)C)C1CCCCC1. The second kappa shape index (κ2) is 6.93. The van der Waals surface area contributed by atoms with Crippen LogP contribution >= 0.6 is 0 Å². The van der Waals surface area contributed by atoms with E-state index in [0.717, 1.165) is 19.4 Å². The molecule has 1 aliphatic carbocycles. The minimum atomic E-state index is -0.0195. The maximum Gasteiger partial charge on any atom is 0.237 e. The van der Waals surface area contributed by atoms with Crippen LogP contribution in [0.15, 0.2) is 0 Å². The molecule has 2 rings (SSSR count). The first-order chi connectivity index (χ1) is 9.54. The molecular weight excluding hydrogens is 248 g/mol. The van der Waals surface area contributed by atoms with E-state index in [-0.39, 0.29) is 17.4 Å². The average Bonchev–Trinajstić information content (AvgIpc) is 2.45. The molecule has 1 aliphatic heterocycles.